The van der Waals surface area contributed by atoms with Gasteiger partial charge in [0.2, 0.25) is 0 Å². The topological polar surface area (TPSA) is 9.23 Å². The van der Waals surface area contributed by atoms with E-state index in [0.29, 0.717) is 5.73 Å². The first-order valence-corrected chi connectivity index (χ1v) is 6.90. The van der Waals surface area contributed by atoms with Gasteiger partial charge in [-0.15, -0.1) is 0 Å². The summed E-state index contributed by atoms with van der Waals surface area (Å²) < 4.78 is 5.60. The Bertz CT molecular complexity index is 86.5. The molecule has 1 nitrogen and oxygen atoms in total. The van der Waals surface area contributed by atoms with E-state index in [1.807, 2.05) is 0 Å². The number of hydrogen-bond donors (Lipinski definition) is 0. The zero-order valence-corrected chi connectivity index (χ0v) is 10.5. The molecule has 0 saturated carbocycles. The summed E-state index contributed by atoms with van der Waals surface area (Å²) in [5.41, 5.74) is 0.693. The van der Waals surface area contributed by atoms with E-state index in [4.69, 9.17) is 4.74 Å². The van der Waals surface area contributed by atoms with Gasteiger partial charge in [0.25, 0.3) is 0 Å². The Hall–Kier alpha value is 1.18. The van der Waals surface area contributed by atoms with Crippen LogP contribution in [0, 0.1) is 0 Å². The molecule has 1 unspecified atom stereocenters. The minimum atomic E-state index is -0.474. The molecule has 0 aliphatic carbocycles. The van der Waals surface area contributed by atoms with Crippen molar-refractivity contribution in [2.24, 2.45) is 0 Å². The largest absolute Gasteiger partial charge is 1.00 e. The molecule has 56 valence electrons. The van der Waals surface area contributed by atoms with E-state index in [9.17, 15) is 0 Å². The van der Waals surface area contributed by atoms with Crippen molar-refractivity contribution in [1.82, 2.24) is 0 Å². The minimum Gasteiger partial charge on any atom is -1.00 e. The maximum absolute atomic E-state index is 5.60. The van der Waals surface area contributed by atoms with Crippen LogP contribution in [0.5, 0.6) is 0 Å². The first kappa shape index (κ1) is 11.2. The fourth-order valence-corrected chi connectivity index (χ4v) is 2.71. The van der Waals surface area contributed by atoms with Crippen LogP contribution in [0.3, 0.4) is 0 Å². The molecule has 0 radical (unpaired) electrons. The molecule has 1 fully saturated rings. The molecule has 0 N–H and O–H groups in total. The van der Waals surface area contributed by atoms with E-state index in [1.54, 1.807) is 0 Å². The normalized spacial score (nSPS) is 26.1. The average Bonchev–Trinajstić information content (AvgIpc) is 1.90. The van der Waals surface area contributed by atoms with Gasteiger partial charge in [-0.05, 0) is 19.3 Å². The van der Waals surface area contributed by atoms with E-state index in [-0.39, 0.29) is 31.0 Å². The molecule has 1 atom stereocenters. The van der Waals surface area contributed by atoms with Crippen LogP contribution < -0.4 is 29.6 Å². The van der Waals surface area contributed by atoms with Crippen molar-refractivity contribution in [1.29, 1.82) is 0 Å². The van der Waals surface area contributed by atoms with Crippen molar-refractivity contribution >= 4 is 8.80 Å². The zero-order chi connectivity index (χ0) is 6.69. The summed E-state index contributed by atoms with van der Waals surface area (Å²) in [7, 11) is -0.474. The van der Waals surface area contributed by atoms with E-state index in [0.717, 1.165) is 6.61 Å². The Morgan fingerprint density at radius 3 is 2.40 bits per heavy atom. The monoisotopic (exact) mass is 168 g/mol. The second-order valence-corrected chi connectivity index (χ2v) is 6.38. The van der Waals surface area contributed by atoms with Crippen molar-refractivity contribution < 1.29 is 35.7 Å². The van der Waals surface area contributed by atoms with E-state index in [2.05, 4.69) is 13.1 Å². The fourth-order valence-electron chi connectivity index (χ4n) is 1.29. The predicted octanol–water partition coefficient (Wildman–Crippen LogP) is -1.30. The van der Waals surface area contributed by atoms with Crippen molar-refractivity contribution in [3.63, 3.8) is 0 Å². The number of hydrogen-bond acceptors (Lipinski definition) is 1. The van der Waals surface area contributed by atoms with Gasteiger partial charge in [-0.25, -0.2) is 0 Å². The van der Waals surface area contributed by atoms with Crippen LogP contribution in [0.2, 0.25) is 13.1 Å². The number of rotatable bonds is 1. The molecule has 0 amide bonds. The third kappa shape index (κ3) is 3.53. The molecule has 10 heavy (non-hydrogen) atoms. The minimum absolute atomic E-state index is 0. The quantitative estimate of drug-likeness (QED) is 0.442. The number of ether oxygens (including phenoxy) is 1. The van der Waals surface area contributed by atoms with E-state index in [1.165, 1.54) is 19.3 Å². The summed E-state index contributed by atoms with van der Waals surface area (Å²) >= 11 is 0. The second-order valence-electron chi connectivity index (χ2n) is 3.15. The molecule has 1 aliphatic rings. The Kier molecular flexibility index (Phi) is 6.46. The van der Waals surface area contributed by atoms with Crippen LogP contribution in [0.4, 0.5) is 0 Å². The van der Waals surface area contributed by atoms with Gasteiger partial charge in [-0.1, -0.05) is 13.1 Å². The zero-order valence-electron chi connectivity index (χ0n) is 8.39. The smallest absolute Gasteiger partial charge is 1.00 e. The van der Waals surface area contributed by atoms with Crippen molar-refractivity contribution in [2.45, 2.75) is 38.1 Å². The summed E-state index contributed by atoms with van der Waals surface area (Å²) in [6.45, 7) is 5.77. The Balaban J connectivity index is 0. The molecule has 1 rings (SSSR count). The van der Waals surface area contributed by atoms with E-state index >= 15 is 0 Å². The molecule has 0 bridgehead atoms. The molecular formula is C7H17NaOSi. The van der Waals surface area contributed by atoms with Gasteiger partial charge >= 0.3 is 29.6 Å². The predicted molar refractivity (Wildman–Crippen MR) is 43.6 cm³/mol. The standard InChI is InChI=1S/C7H16OSi.Na.H/c1-9(2)7-5-3-4-6-8-7;;/h7,9H,3-6H2,1-2H3;;/q;+1;-1. The molecule has 0 aromatic rings. The molecule has 0 aromatic carbocycles. The molecule has 0 spiro atoms. The molecular weight excluding hydrogens is 151 g/mol. The van der Waals surface area contributed by atoms with Gasteiger partial charge in [-0.3, -0.25) is 0 Å². The summed E-state index contributed by atoms with van der Waals surface area (Å²) in [5.74, 6) is 0. The Morgan fingerprint density at radius 1 is 1.40 bits per heavy atom. The van der Waals surface area contributed by atoms with Gasteiger partial charge < -0.3 is 6.16 Å². The third-order valence-corrected chi connectivity index (χ3v) is 3.97. The van der Waals surface area contributed by atoms with Gasteiger partial charge in [-0.2, -0.15) is 0 Å². The van der Waals surface area contributed by atoms with Gasteiger partial charge in [0.1, 0.15) is 0 Å². The van der Waals surface area contributed by atoms with Crippen molar-refractivity contribution in [3.8, 4) is 0 Å². The van der Waals surface area contributed by atoms with Gasteiger partial charge in [0.15, 0.2) is 0 Å². The molecule has 0 aromatic heterocycles. The van der Waals surface area contributed by atoms with Crippen molar-refractivity contribution in [3.05, 3.63) is 0 Å². The van der Waals surface area contributed by atoms with Crippen LogP contribution in [0.25, 0.3) is 0 Å². The first-order chi connectivity index (χ1) is 4.30. The third-order valence-electron chi connectivity index (χ3n) is 1.96. The summed E-state index contributed by atoms with van der Waals surface area (Å²) in [6, 6.07) is 0. The molecule has 1 aliphatic heterocycles. The van der Waals surface area contributed by atoms with Crippen LogP contribution in [-0.2, 0) is 4.74 Å². The first-order valence-electron chi connectivity index (χ1n) is 3.92. The molecule has 1 heterocycles. The van der Waals surface area contributed by atoms with Crippen LogP contribution >= 0.6 is 0 Å². The van der Waals surface area contributed by atoms with Gasteiger partial charge in [0.05, 0.1) is 8.80 Å². The summed E-state index contributed by atoms with van der Waals surface area (Å²) in [5, 5.41) is 0. The van der Waals surface area contributed by atoms with Crippen LogP contribution in [-0.4, -0.2) is 21.1 Å². The Labute approximate surface area is 88.9 Å². The van der Waals surface area contributed by atoms with E-state index < -0.39 is 8.80 Å². The fraction of sp³-hybridized carbons (Fsp3) is 1.00. The maximum atomic E-state index is 5.60. The van der Waals surface area contributed by atoms with Gasteiger partial charge in [0, 0.05) is 12.3 Å². The molecule has 1 saturated heterocycles. The van der Waals surface area contributed by atoms with Crippen molar-refractivity contribution in [2.75, 3.05) is 6.61 Å². The maximum Gasteiger partial charge on any atom is 1.00 e. The second kappa shape index (κ2) is 5.78. The molecule has 3 heteroatoms. The van der Waals surface area contributed by atoms with Crippen LogP contribution in [0.1, 0.15) is 20.7 Å². The Morgan fingerprint density at radius 2 is 2.10 bits per heavy atom. The van der Waals surface area contributed by atoms with Crippen LogP contribution in [0.15, 0.2) is 0 Å². The summed E-state index contributed by atoms with van der Waals surface area (Å²) in [4.78, 5) is 0. The SMILES string of the molecule is C[SiH](C)C1CCCCO1.[H-].[Na+]. The average molecular weight is 168 g/mol. The summed E-state index contributed by atoms with van der Waals surface area (Å²) in [6.07, 6.45) is 4.03.